The molecule has 0 radical (unpaired) electrons. The van der Waals surface area contributed by atoms with Gasteiger partial charge in [-0.25, -0.2) is 0 Å². The van der Waals surface area contributed by atoms with E-state index >= 15 is 0 Å². The number of aromatic nitrogens is 2. The number of aliphatic hydroxyl groups excluding tert-OH is 1. The van der Waals surface area contributed by atoms with Gasteiger partial charge in [0, 0.05) is 7.05 Å². The molecular formula is C10H16N4O2. The summed E-state index contributed by atoms with van der Waals surface area (Å²) in [6, 6.07) is 3.20. The third kappa shape index (κ3) is 3.16. The maximum absolute atomic E-state index is 11.2. The van der Waals surface area contributed by atoms with E-state index < -0.39 is 0 Å². The van der Waals surface area contributed by atoms with Gasteiger partial charge >= 0.3 is 0 Å². The van der Waals surface area contributed by atoms with Crippen LogP contribution in [0, 0.1) is 0 Å². The first-order chi connectivity index (χ1) is 7.71. The zero-order valence-electron chi connectivity index (χ0n) is 9.40. The molecular weight excluding hydrogens is 208 g/mol. The smallest absolute Gasteiger partial charge is 0.271 e. The maximum Gasteiger partial charge on any atom is 0.271 e. The Morgan fingerprint density at radius 2 is 2.25 bits per heavy atom. The molecule has 0 aliphatic rings. The fourth-order valence-corrected chi connectivity index (χ4v) is 1.14. The van der Waals surface area contributed by atoms with Gasteiger partial charge in [-0.2, -0.15) is 0 Å². The van der Waals surface area contributed by atoms with Crippen molar-refractivity contribution in [2.24, 2.45) is 0 Å². The quantitative estimate of drug-likeness (QED) is 0.656. The maximum atomic E-state index is 11.2. The number of nitrogens with zero attached hydrogens (tertiary/aromatic N) is 2. The lowest BCUT2D eigenvalue weighted by Crippen LogP contribution is -2.24. The third-order valence-corrected chi connectivity index (χ3v) is 2.19. The van der Waals surface area contributed by atoms with Crippen LogP contribution in [0.15, 0.2) is 12.1 Å². The number of anilines is 1. The fourth-order valence-electron chi connectivity index (χ4n) is 1.14. The summed E-state index contributed by atoms with van der Waals surface area (Å²) >= 11 is 0. The Hall–Kier alpha value is -1.69. The van der Waals surface area contributed by atoms with Gasteiger partial charge in [0.15, 0.2) is 5.69 Å². The van der Waals surface area contributed by atoms with Crippen LogP contribution >= 0.6 is 0 Å². The molecule has 0 aliphatic heterocycles. The molecule has 0 saturated heterocycles. The van der Waals surface area contributed by atoms with Crippen molar-refractivity contribution >= 4 is 11.7 Å². The molecule has 88 valence electrons. The normalized spacial score (nSPS) is 11.9. The zero-order chi connectivity index (χ0) is 12.0. The lowest BCUT2D eigenvalue weighted by molar-refractivity contribution is 0.0957. The van der Waals surface area contributed by atoms with E-state index in [2.05, 4.69) is 20.8 Å². The van der Waals surface area contributed by atoms with Crippen LogP contribution < -0.4 is 10.6 Å². The van der Waals surface area contributed by atoms with E-state index in [4.69, 9.17) is 5.11 Å². The van der Waals surface area contributed by atoms with Gasteiger partial charge in [0.2, 0.25) is 0 Å². The molecule has 0 saturated carbocycles. The summed E-state index contributed by atoms with van der Waals surface area (Å²) in [5.74, 6) is 0.279. The van der Waals surface area contributed by atoms with Crippen molar-refractivity contribution in [1.82, 2.24) is 15.5 Å². The molecule has 1 atom stereocenters. The number of hydrogen-bond donors (Lipinski definition) is 3. The van der Waals surface area contributed by atoms with Crippen molar-refractivity contribution < 1.29 is 9.90 Å². The van der Waals surface area contributed by atoms with Crippen molar-refractivity contribution in [1.29, 1.82) is 0 Å². The summed E-state index contributed by atoms with van der Waals surface area (Å²) in [5, 5.41) is 22.1. The first kappa shape index (κ1) is 12.4. The Morgan fingerprint density at radius 1 is 1.50 bits per heavy atom. The molecule has 16 heavy (non-hydrogen) atoms. The largest absolute Gasteiger partial charge is 0.394 e. The number of hydrogen-bond acceptors (Lipinski definition) is 5. The number of nitrogens with one attached hydrogen (secondary N) is 2. The standard InChI is InChI=1S/C10H16N4O2/c1-3-7(6-15)12-9-5-4-8(13-14-9)10(16)11-2/h4-5,7,15H,3,6H2,1-2H3,(H,11,16)(H,12,14)/t7-/m1/s1. The van der Waals surface area contributed by atoms with Crippen molar-refractivity contribution in [2.75, 3.05) is 19.0 Å². The van der Waals surface area contributed by atoms with E-state index in [1.807, 2.05) is 6.92 Å². The fraction of sp³-hybridized carbons (Fsp3) is 0.500. The Balaban J connectivity index is 2.67. The molecule has 1 heterocycles. The number of amides is 1. The number of aliphatic hydroxyl groups is 1. The molecule has 3 N–H and O–H groups in total. The molecule has 0 fully saturated rings. The minimum Gasteiger partial charge on any atom is -0.394 e. The van der Waals surface area contributed by atoms with E-state index in [0.717, 1.165) is 6.42 Å². The van der Waals surface area contributed by atoms with Crippen molar-refractivity contribution in [2.45, 2.75) is 19.4 Å². The molecule has 6 nitrogen and oxygen atoms in total. The number of rotatable bonds is 5. The summed E-state index contributed by atoms with van der Waals surface area (Å²) in [5.41, 5.74) is 0.269. The highest BCUT2D eigenvalue weighted by atomic mass is 16.3. The van der Waals surface area contributed by atoms with E-state index in [1.54, 1.807) is 12.1 Å². The Labute approximate surface area is 94.1 Å². The average molecular weight is 224 g/mol. The monoisotopic (exact) mass is 224 g/mol. The first-order valence-electron chi connectivity index (χ1n) is 5.14. The molecule has 0 unspecified atom stereocenters. The summed E-state index contributed by atoms with van der Waals surface area (Å²) < 4.78 is 0. The summed E-state index contributed by atoms with van der Waals surface area (Å²) in [6.45, 7) is 2.00. The van der Waals surface area contributed by atoms with Crippen molar-refractivity contribution in [3.05, 3.63) is 17.8 Å². The Kier molecular flexibility index (Phi) is 4.65. The number of carbonyl (C=O) groups is 1. The van der Waals surface area contributed by atoms with Crippen molar-refractivity contribution in [3.8, 4) is 0 Å². The average Bonchev–Trinajstić information content (AvgIpc) is 2.35. The van der Waals surface area contributed by atoms with Gasteiger partial charge in [-0.05, 0) is 18.6 Å². The summed E-state index contributed by atoms with van der Waals surface area (Å²) in [7, 11) is 1.54. The highest BCUT2D eigenvalue weighted by Gasteiger charge is 2.08. The Bertz CT molecular complexity index is 335. The van der Waals surface area contributed by atoms with Gasteiger partial charge in [0.25, 0.3) is 5.91 Å². The SMILES string of the molecule is CC[C@H](CO)Nc1ccc(C(=O)NC)nn1. The van der Waals surface area contributed by atoms with Crippen LogP contribution in [-0.2, 0) is 0 Å². The van der Waals surface area contributed by atoms with Crippen LogP contribution in [0.4, 0.5) is 5.82 Å². The van der Waals surface area contributed by atoms with Gasteiger partial charge in [-0.15, -0.1) is 10.2 Å². The molecule has 1 aromatic heterocycles. The van der Waals surface area contributed by atoms with Gasteiger partial charge in [-0.1, -0.05) is 6.92 Å². The van der Waals surface area contributed by atoms with Crippen LogP contribution in [0.1, 0.15) is 23.8 Å². The molecule has 1 rings (SSSR count). The number of carbonyl (C=O) groups excluding carboxylic acids is 1. The second kappa shape index (κ2) is 6.02. The lowest BCUT2D eigenvalue weighted by Gasteiger charge is -2.13. The zero-order valence-corrected chi connectivity index (χ0v) is 9.40. The third-order valence-electron chi connectivity index (χ3n) is 2.19. The molecule has 0 bridgehead atoms. The molecule has 1 aromatic rings. The molecule has 0 aliphatic carbocycles. The van der Waals surface area contributed by atoms with E-state index in [-0.39, 0.29) is 24.2 Å². The molecule has 1 amide bonds. The van der Waals surface area contributed by atoms with Gasteiger partial charge in [0.1, 0.15) is 5.82 Å². The van der Waals surface area contributed by atoms with Crippen LogP contribution in [0.3, 0.4) is 0 Å². The van der Waals surface area contributed by atoms with Gasteiger partial charge in [-0.3, -0.25) is 4.79 Å². The molecule has 0 spiro atoms. The van der Waals surface area contributed by atoms with Crippen LogP contribution in [0.5, 0.6) is 0 Å². The Morgan fingerprint density at radius 3 is 2.69 bits per heavy atom. The summed E-state index contributed by atoms with van der Waals surface area (Å²) in [6.07, 6.45) is 0.787. The van der Waals surface area contributed by atoms with Crippen LogP contribution in [-0.4, -0.2) is 40.9 Å². The van der Waals surface area contributed by atoms with Gasteiger partial charge < -0.3 is 15.7 Å². The van der Waals surface area contributed by atoms with Gasteiger partial charge in [0.05, 0.1) is 12.6 Å². The highest BCUT2D eigenvalue weighted by Crippen LogP contribution is 2.05. The summed E-state index contributed by atoms with van der Waals surface area (Å²) in [4.78, 5) is 11.2. The highest BCUT2D eigenvalue weighted by molar-refractivity contribution is 5.91. The lowest BCUT2D eigenvalue weighted by atomic mass is 10.2. The molecule has 6 heteroatoms. The van der Waals surface area contributed by atoms with Crippen LogP contribution in [0.25, 0.3) is 0 Å². The predicted octanol–water partition coefficient (Wildman–Crippen LogP) is 0.0190. The van der Waals surface area contributed by atoms with Crippen molar-refractivity contribution in [3.63, 3.8) is 0 Å². The minimum absolute atomic E-state index is 0.0371. The van der Waals surface area contributed by atoms with Crippen LogP contribution in [0.2, 0.25) is 0 Å². The van der Waals surface area contributed by atoms with E-state index in [0.29, 0.717) is 5.82 Å². The molecule has 0 aromatic carbocycles. The first-order valence-corrected chi connectivity index (χ1v) is 5.14. The minimum atomic E-state index is -0.270. The second-order valence-electron chi connectivity index (χ2n) is 3.32. The van der Waals surface area contributed by atoms with E-state index in [9.17, 15) is 4.79 Å². The predicted molar refractivity (Wildman–Crippen MR) is 60.2 cm³/mol. The van der Waals surface area contributed by atoms with E-state index in [1.165, 1.54) is 7.05 Å². The second-order valence-corrected chi connectivity index (χ2v) is 3.32. The topological polar surface area (TPSA) is 87.1 Å².